The molecule has 6 heteroatoms. The van der Waals surface area contributed by atoms with Crippen LogP contribution in [0, 0.1) is 0 Å². The molecule has 0 aromatic heterocycles. The molecular formula is C22H28Cl3NO2. The lowest BCUT2D eigenvalue weighted by molar-refractivity contribution is 0.284. The molecule has 2 aromatic carbocycles. The summed E-state index contributed by atoms with van der Waals surface area (Å²) in [6.45, 7) is 4.17. The lowest BCUT2D eigenvalue weighted by atomic mass is 10.1. The molecule has 1 N–H and O–H groups in total. The van der Waals surface area contributed by atoms with Crippen LogP contribution in [0.4, 0.5) is 0 Å². The molecule has 0 atom stereocenters. The molecule has 0 aliphatic heterocycles. The molecule has 0 aliphatic carbocycles. The predicted octanol–water partition coefficient (Wildman–Crippen LogP) is 7.29. The minimum absolute atomic E-state index is 0.212. The van der Waals surface area contributed by atoms with Crippen molar-refractivity contribution in [3.63, 3.8) is 0 Å². The number of rotatable bonds is 12. The van der Waals surface area contributed by atoms with Crippen LogP contribution < -0.4 is 14.8 Å². The van der Waals surface area contributed by atoms with Gasteiger partial charge < -0.3 is 14.8 Å². The summed E-state index contributed by atoms with van der Waals surface area (Å²) >= 11 is 18.9. The molecule has 0 heterocycles. The first-order chi connectivity index (χ1) is 13.6. The van der Waals surface area contributed by atoms with Gasteiger partial charge in [0, 0.05) is 22.2 Å². The van der Waals surface area contributed by atoms with Crippen molar-refractivity contribution in [2.75, 3.05) is 13.7 Å². The fraction of sp³-hybridized carbons (Fsp3) is 0.455. The molecule has 0 radical (unpaired) electrons. The smallest absolute Gasteiger partial charge is 0.180 e. The Morgan fingerprint density at radius 1 is 0.929 bits per heavy atom. The van der Waals surface area contributed by atoms with E-state index >= 15 is 0 Å². The lowest BCUT2D eigenvalue weighted by Gasteiger charge is -2.15. The van der Waals surface area contributed by atoms with Gasteiger partial charge >= 0.3 is 0 Å². The van der Waals surface area contributed by atoms with E-state index in [4.69, 9.17) is 44.3 Å². The van der Waals surface area contributed by atoms with Gasteiger partial charge in [0.05, 0.1) is 12.1 Å². The number of halogens is 3. The fourth-order valence-corrected chi connectivity index (χ4v) is 3.71. The van der Waals surface area contributed by atoms with Gasteiger partial charge in [-0.2, -0.15) is 0 Å². The quantitative estimate of drug-likeness (QED) is 0.348. The first-order valence-corrected chi connectivity index (χ1v) is 10.8. The Morgan fingerprint density at radius 3 is 2.32 bits per heavy atom. The van der Waals surface area contributed by atoms with Gasteiger partial charge in [0.25, 0.3) is 0 Å². The molecule has 0 fully saturated rings. The average Bonchev–Trinajstić information content (AvgIpc) is 2.67. The predicted molar refractivity (Wildman–Crippen MR) is 119 cm³/mol. The molecule has 3 nitrogen and oxygen atoms in total. The van der Waals surface area contributed by atoms with E-state index in [0.29, 0.717) is 26.6 Å². The fourth-order valence-electron chi connectivity index (χ4n) is 2.92. The third kappa shape index (κ3) is 7.04. The van der Waals surface area contributed by atoms with Gasteiger partial charge in [-0.15, -0.1) is 0 Å². The van der Waals surface area contributed by atoms with Crippen LogP contribution >= 0.6 is 34.8 Å². The monoisotopic (exact) mass is 443 g/mol. The molecule has 0 bridgehead atoms. The summed E-state index contributed by atoms with van der Waals surface area (Å²) < 4.78 is 11.4. The minimum atomic E-state index is 0.212. The normalized spacial score (nSPS) is 10.9. The summed E-state index contributed by atoms with van der Waals surface area (Å²) in [6, 6.07) is 9.20. The zero-order chi connectivity index (χ0) is 20.4. The van der Waals surface area contributed by atoms with Crippen molar-refractivity contribution in [3.8, 4) is 11.5 Å². The second-order valence-corrected chi connectivity index (χ2v) is 7.91. The first kappa shape index (κ1) is 23.2. The summed E-state index contributed by atoms with van der Waals surface area (Å²) in [5, 5.41) is 5.08. The van der Waals surface area contributed by atoms with Gasteiger partial charge in [-0.25, -0.2) is 0 Å². The van der Waals surface area contributed by atoms with Crippen LogP contribution in [-0.4, -0.2) is 13.7 Å². The zero-order valence-corrected chi connectivity index (χ0v) is 18.8. The lowest BCUT2D eigenvalue weighted by Crippen LogP contribution is -2.14. The Labute approximate surface area is 183 Å². The Bertz CT molecular complexity index is 733. The average molecular weight is 445 g/mol. The summed E-state index contributed by atoms with van der Waals surface area (Å²) in [7, 11) is 1.60. The third-order valence-electron chi connectivity index (χ3n) is 4.50. The summed E-state index contributed by atoms with van der Waals surface area (Å²) in [5.41, 5.74) is 1.77. The van der Waals surface area contributed by atoms with Crippen LogP contribution in [-0.2, 0) is 13.2 Å². The van der Waals surface area contributed by atoms with Crippen molar-refractivity contribution in [2.24, 2.45) is 0 Å². The Morgan fingerprint density at radius 2 is 1.64 bits per heavy atom. The molecule has 0 unspecified atom stereocenters. The van der Waals surface area contributed by atoms with E-state index in [1.165, 1.54) is 32.1 Å². The van der Waals surface area contributed by atoms with Gasteiger partial charge in [0.2, 0.25) is 0 Å². The highest BCUT2D eigenvalue weighted by Gasteiger charge is 2.14. The summed E-state index contributed by atoms with van der Waals surface area (Å²) in [6.07, 6.45) is 6.34. The largest absolute Gasteiger partial charge is 0.493 e. The highest BCUT2D eigenvalue weighted by molar-refractivity contribution is 6.36. The van der Waals surface area contributed by atoms with Gasteiger partial charge in [-0.1, -0.05) is 73.5 Å². The van der Waals surface area contributed by atoms with Crippen molar-refractivity contribution in [1.29, 1.82) is 0 Å². The number of ether oxygens (including phenoxy) is 2. The standard InChI is InChI=1S/C22H28Cl3NO2/c1-3-4-5-6-7-11-26-14-16-12-20(25)22(21(13-16)27-2)28-15-17-18(23)9-8-10-19(17)24/h8-10,12-13,26H,3-7,11,14-15H2,1-2H3. The Hall–Kier alpha value is -1.13. The van der Waals surface area contributed by atoms with Crippen LogP contribution in [0.3, 0.4) is 0 Å². The van der Waals surface area contributed by atoms with E-state index in [-0.39, 0.29) is 6.61 Å². The zero-order valence-electron chi connectivity index (χ0n) is 16.5. The van der Waals surface area contributed by atoms with E-state index in [1.54, 1.807) is 25.3 Å². The van der Waals surface area contributed by atoms with Crippen LogP contribution in [0.15, 0.2) is 30.3 Å². The van der Waals surface area contributed by atoms with Crippen LogP contribution in [0.2, 0.25) is 15.1 Å². The maximum Gasteiger partial charge on any atom is 0.180 e. The maximum absolute atomic E-state index is 6.46. The van der Waals surface area contributed by atoms with Crippen molar-refractivity contribution in [2.45, 2.75) is 52.2 Å². The second kappa shape index (κ2) is 12.4. The number of hydrogen-bond donors (Lipinski definition) is 1. The van der Waals surface area contributed by atoms with Crippen LogP contribution in [0.25, 0.3) is 0 Å². The maximum atomic E-state index is 6.46. The first-order valence-electron chi connectivity index (χ1n) is 9.69. The molecule has 2 rings (SSSR count). The number of methoxy groups -OCH3 is 1. The number of hydrogen-bond acceptors (Lipinski definition) is 3. The molecule has 2 aromatic rings. The van der Waals surface area contributed by atoms with Crippen LogP contribution in [0.1, 0.15) is 50.2 Å². The molecule has 0 spiro atoms. The molecule has 0 aliphatic rings. The molecule has 0 amide bonds. The molecular weight excluding hydrogens is 417 g/mol. The summed E-state index contributed by atoms with van der Waals surface area (Å²) in [4.78, 5) is 0. The highest BCUT2D eigenvalue weighted by atomic mass is 35.5. The van der Waals surface area contributed by atoms with Crippen molar-refractivity contribution < 1.29 is 9.47 Å². The number of unbranched alkanes of at least 4 members (excludes halogenated alkanes) is 4. The third-order valence-corrected chi connectivity index (χ3v) is 5.49. The molecule has 0 saturated carbocycles. The SMILES string of the molecule is CCCCCCCNCc1cc(Cl)c(OCc2c(Cl)cccc2Cl)c(OC)c1. The van der Waals surface area contributed by atoms with Gasteiger partial charge in [-0.3, -0.25) is 0 Å². The molecule has 154 valence electrons. The topological polar surface area (TPSA) is 30.5 Å². The second-order valence-electron chi connectivity index (χ2n) is 6.69. The van der Waals surface area contributed by atoms with Crippen molar-refractivity contribution in [3.05, 3.63) is 56.5 Å². The molecule has 28 heavy (non-hydrogen) atoms. The molecule has 0 saturated heterocycles. The van der Waals surface area contributed by atoms with Crippen molar-refractivity contribution in [1.82, 2.24) is 5.32 Å². The van der Waals surface area contributed by atoms with Gasteiger partial charge in [0.15, 0.2) is 11.5 Å². The summed E-state index contributed by atoms with van der Waals surface area (Å²) in [5.74, 6) is 1.08. The Balaban J connectivity index is 1.95. The van der Waals surface area contributed by atoms with Crippen LogP contribution in [0.5, 0.6) is 11.5 Å². The van der Waals surface area contributed by atoms with E-state index in [9.17, 15) is 0 Å². The number of benzene rings is 2. The van der Waals surface area contributed by atoms with E-state index < -0.39 is 0 Å². The van der Waals surface area contributed by atoms with E-state index in [1.807, 2.05) is 12.1 Å². The van der Waals surface area contributed by atoms with E-state index in [0.717, 1.165) is 24.2 Å². The van der Waals surface area contributed by atoms with Crippen molar-refractivity contribution >= 4 is 34.8 Å². The van der Waals surface area contributed by atoms with Gasteiger partial charge in [0.1, 0.15) is 6.61 Å². The highest BCUT2D eigenvalue weighted by Crippen LogP contribution is 2.38. The minimum Gasteiger partial charge on any atom is -0.493 e. The Kier molecular flexibility index (Phi) is 10.3. The van der Waals surface area contributed by atoms with Gasteiger partial charge in [-0.05, 0) is 42.8 Å². The number of nitrogens with one attached hydrogen (secondary N) is 1. The van der Waals surface area contributed by atoms with E-state index in [2.05, 4.69) is 12.2 Å².